The Labute approximate surface area is 218 Å². The number of ether oxygens (including phenoxy) is 2. The minimum absolute atomic E-state index is 0.00973. The van der Waals surface area contributed by atoms with Crippen molar-refractivity contribution < 1.29 is 19.1 Å². The van der Waals surface area contributed by atoms with Gasteiger partial charge in [-0.1, -0.05) is 48.5 Å². The van der Waals surface area contributed by atoms with Gasteiger partial charge in [-0.05, 0) is 67.3 Å². The van der Waals surface area contributed by atoms with Crippen LogP contribution < -0.4 is 9.47 Å². The lowest BCUT2D eigenvalue weighted by molar-refractivity contribution is -0.128. The zero-order valence-electron chi connectivity index (χ0n) is 21.8. The number of Topliss-reactive ketones (excluding diaryl/α,β-unsaturated/α-hetero) is 1. The van der Waals surface area contributed by atoms with E-state index in [9.17, 15) is 9.59 Å². The van der Waals surface area contributed by atoms with Crippen molar-refractivity contribution in [2.24, 2.45) is 0 Å². The van der Waals surface area contributed by atoms with Crippen LogP contribution in [0.25, 0.3) is 11.6 Å². The number of hydrogen-bond donors (Lipinski definition) is 0. The van der Waals surface area contributed by atoms with Gasteiger partial charge >= 0.3 is 0 Å². The lowest BCUT2D eigenvalue weighted by Gasteiger charge is -2.44. The van der Waals surface area contributed by atoms with E-state index < -0.39 is 5.60 Å². The molecule has 2 heterocycles. The van der Waals surface area contributed by atoms with Gasteiger partial charge in [0.1, 0.15) is 17.1 Å². The third kappa shape index (κ3) is 5.04. The van der Waals surface area contributed by atoms with Gasteiger partial charge in [0.25, 0.3) is 5.91 Å². The van der Waals surface area contributed by atoms with E-state index in [-0.39, 0.29) is 11.7 Å². The highest BCUT2D eigenvalue weighted by molar-refractivity contribution is 6.24. The smallest absolute Gasteiger partial charge is 0.254 e. The van der Waals surface area contributed by atoms with Gasteiger partial charge in [0.05, 0.1) is 18.6 Å². The Balaban J connectivity index is 1.37. The van der Waals surface area contributed by atoms with Gasteiger partial charge in [-0.15, -0.1) is 0 Å². The van der Waals surface area contributed by atoms with Crippen molar-refractivity contribution in [3.8, 4) is 11.5 Å². The second-order valence-corrected chi connectivity index (χ2v) is 9.99. The van der Waals surface area contributed by atoms with Crippen LogP contribution in [0.1, 0.15) is 58.8 Å². The van der Waals surface area contributed by atoms with Gasteiger partial charge in [-0.25, -0.2) is 0 Å². The Morgan fingerprint density at radius 1 is 1.00 bits per heavy atom. The highest BCUT2D eigenvalue weighted by Gasteiger charge is 2.44. The highest BCUT2D eigenvalue weighted by atomic mass is 16.5. The van der Waals surface area contributed by atoms with Crippen LogP contribution in [-0.2, 0) is 4.79 Å². The molecule has 0 bridgehead atoms. The molecule has 1 spiro atoms. The third-order valence-electron chi connectivity index (χ3n) is 7.56. The average Bonchev–Trinajstić information content (AvgIpc) is 2.91. The van der Waals surface area contributed by atoms with Gasteiger partial charge in [-0.3, -0.25) is 9.59 Å². The third-order valence-corrected chi connectivity index (χ3v) is 7.56. The minimum Gasteiger partial charge on any atom is -0.494 e. The van der Waals surface area contributed by atoms with E-state index in [4.69, 9.17) is 9.47 Å². The van der Waals surface area contributed by atoms with E-state index in [2.05, 4.69) is 0 Å². The fourth-order valence-corrected chi connectivity index (χ4v) is 5.23. The molecular formula is C32H33NO4. The van der Waals surface area contributed by atoms with Crippen LogP contribution in [0.15, 0.2) is 66.7 Å². The Bertz CT molecular complexity index is 1330. The SMILES string of the molecule is CCOc1ccc(/C=C(/C(=O)N2CCC3(CC2)CC(=O)c2ccc(C)c(C)c2O3)c2ccccc2)cc1. The summed E-state index contributed by atoms with van der Waals surface area (Å²) in [6, 6.07) is 21.4. The molecule has 0 radical (unpaired) electrons. The molecule has 0 aliphatic carbocycles. The lowest BCUT2D eigenvalue weighted by atomic mass is 9.81. The Kier molecular flexibility index (Phi) is 6.88. The van der Waals surface area contributed by atoms with Crippen molar-refractivity contribution in [2.75, 3.05) is 19.7 Å². The molecule has 0 aromatic heterocycles. The maximum absolute atomic E-state index is 13.8. The Morgan fingerprint density at radius 3 is 2.38 bits per heavy atom. The second-order valence-electron chi connectivity index (χ2n) is 9.99. The summed E-state index contributed by atoms with van der Waals surface area (Å²) < 4.78 is 12.1. The number of benzene rings is 3. The van der Waals surface area contributed by atoms with Gasteiger partial charge in [-0.2, -0.15) is 0 Å². The van der Waals surface area contributed by atoms with Crippen molar-refractivity contribution in [3.05, 3.63) is 94.5 Å². The number of rotatable bonds is 5. The lowest BCUT2D eigenvalue weighted by Crippen LogP contribution is -2.52. The van der Waals surface area contributed by atoms with E-state index in [0.29, 0.717) is 50.1 Å². The second kappa shape index (κ2) is 10.3. The number of ketones is 1. The monoisotopic (exact) mass is 495 g/mol. The number of carbonyl (C=O) groups is 2. The molecule has 37 heavy (non-hydrogen) atoms. The molecule has 3 aromatic carbocycles. The van der Waals surface area contributed by atoms with Crippen molar-refractivity contribution >= 4 is 23.3 Å². The van der Waals surface area contributed by atoms with E-state index in [0.717, 1.165) is 33.8 Å². The molecular weight excluding hydrogens is 462 g/mol. The number of likely N-dealkylation sites (tertiary alicyclic amines) is 1. The summed E-state index contributed by atoms with van der Waals surface area (Å²) in [4.78, 5) is 28.7. The molecule has 0 atom stereocenters. The molecule has 0 unspecified atom stereocenters. The Hall–Kier alpha value is -3.86. The summed E-state index contributed by atoms with van der Waals surface area (Å²) in [6.07, 6.45) is 3.56. The van der Waals surface area contributed by atoms with E-state index in [1.807, 2.05) is 98.5 Å². The van der Waals surface area contributed by atoms with Crippen LogP contribution in [0.2, 0.25) is 0 Å². The molecule has 5 heteroatoms. The van der Waals surface area contributed by atoms with E-state index >= 15 is 0 Å². The summed E-state index contributed by atoms with van der Waals surface area (Å²) in [5, 5.41) is 0. The summed E-state index contributed by atoms with van der Waals surface area (Å²) in [5.74, 6) is 1.65. The number of hydrogen-bond acceptors (Lipinski definition) is 4. The number of nitrogens with zero attached hydrogens (tertiary/aromatic N) is 1. The largest absolute Gasteiger partial charge is 0.494 e. The maximum Gasteiger partial charge on any atom is 0.254 e. The van der Waals surface area contributed by atoms with Crippen LogP contribution in [0.3, 0.4) is 0 Å². The molecule has 1 amide bonds. The molecule has 1 fully saturated rings. The maximum atomic E-state index is 13.8. The van der Waals surface area contributed by atoms with Gasteiger partial charge in [0.15, 0.2) is 5.78 Å². The first-order valence-electron chi connectivity index (χ1n) is 13.0. The molecule has 5 rings (SSSR count). The molecule has 0 saturated carbocycles. The molecule has 0 N–H and O–H groups in total. The summed E-state index contributed by atoms with van der Waals surface area (Å²) >= 11 is 0. The van der Waals surface area contributed by atoms with Crippen molar-refractivity contribution in [3.63, 3.8) is 0 Å². The van der Waals surface area contributed by atoms with Crippen molar-refractivity contribution in [1.82, 2.24) is 4.90 Å². The predicted molar refractivity (Wildman–Crippen MR) is 146 cm³/mol. The molecule has 3 aromatic rings. The predicted octanol–water partition coefficient (Wildman–Crippen LogP) is 6.27. The van der Waals surface area contributed by atoms with Crippen LogP contribution in [0.4, 0.5) is 0 Å². The summed E-state index contributed by atoms with van der Waals surface area (Å²) in [5.41, 5.74) is 4.73. The number of piperidine rings is 1. The Morgan fingerprint density at radius 2 is 1.70 bits per heavy atom. The first kappa shape index (κ1) is 24.8. The average molecular weight is 496 g/mol. The fourth-order valence-electron chi connectivity index (χ4n) is 5.23. The molecule has 5 nitrogen and oxygen atoms in total. The van der Waals surface area contributed by atoms with Crippen LogP contribution in [0.5, 0.6) is 11.5 Å². The fraction of sp³-hybridized carbons (Fsp3) is 0.312. The highest BCUT2D eigenvalue weighted by Crippen LogP contribution is 2.42. The quantitative estimate of drug-likeness (QED) is 0.309. The van der Waals surface area contributed by atoms with Gasteiger partial charge < -0.3 is 14.4 Å². The first-order chi connectivity index (χ1) is 17.9. The van der Waals surface area contributed by atoms with Crippen LogP contribution >= 0.6 is 0 Å². The van der Waals surface area contributed by atoms with E-state index in [1.54, 1.807) is 0 Å². The normalized spacial score (nSPS) is 16.8. The number of amides is 1. The van der Waals surface area contributed by atoms with Gasteiger partial charge in [0, 0.05) is 31.5 Å². The zero-order valence-corrected chi connectivity index (χ0v) is 21.8. The molecule has 2 aliphatic rings. The number of aryl methyl sites for hydroxylation is 1. The summed E-state index contributed by atoms with van der Waals surface area (Å²) in [7, 11) is 0. The zero-order chi connectivity index (χ0) is 26.0. The van der Waals surface area contributed by atoms with Crippen molar-refractivity contribution in [2.45, 2.75) is 45.6 Å². The van der Waals surface area contributed by atoms with E-state index in [1.165, 1.54) is 0 Å². The molecule has 2 aliphatic heterocycles. The summed E-state index contributed by atoms with van der Waals surface area (Å²) in [6.45, 7) is 7.70. The topological polar surface area (TPSA) is 55.8 Å². The number of carbonyl (C=O) groups excluding carboxylic acids is 2. The first-order valence-corrected chi connectivity index (χ1v) is 13.0. The van der Waals surface area contributed by atoms with Gasteiger partial charge in [0.2, 0.25) is 0 Å². The van der Waals surface area contributed by atoms with Crippen LogP contribution in [-0.4, -0.2) is 41.9 Å². The standard InChI is InChI=1S/C32H33NO4/c1-4-36-26-13-11-24(12-14-26)20-28(25-8-6-5-7-9-25)31(35)33-18-16-32(17-19-33)21-29(34)27-15-10-22(2)23(3)30(27)37-32/h5-15,20H,4,16-19,21H2,1-3H3/b28-20+. The number of fused-ring (bicyclic) bond motifs is 1. The van der Waals surface area contributed by atoms with Crippen molar-refractivity contribution in [1.29, 1.82) is 0 Å². The van der Waals surface area contributed by atoms with Crippen LogP contribution in [0, 0.1) is 13.8 Å². The minimum atomic E-state index is -0.550. The molecule has 1 saturated heterocycles. The molecule has 190 valence electrons.